The molecule has 1 aliphatic heterocycles. The first kappa shape index (κ1) is 22.2. The molecule has 0 aliphatic carbocycles. The van der Waals surface area contributed by atoms with Gasteiger partial charge in [0.2, 0.25) is 10.0 Å². The number of aryl methyl sites for hydroxylation is 1. The number of carbonyl (C=O) groups is 2. The molecule has 1 aromatic carbocycles. The summed E-state index contributed by atoms with van der Waals surface area (Å²) in [4.78, 5) is 26.0. The van der Waals surface area contributed by atoms with Crippen molar-refractivity contribution in [2.45, 2.75) is 45.8 Å². The number of nitrogens with zero attached hydrogens (tertiary/aromatic N) is 1. The minimum absolute atomic E-state index is 0.0495. The Balaban J connectivity index is 1.94. The number of halogens is 1. The molecule has 1 heterocycles. The molecular formula is C19H25ClN2O5S. The van der Waals surface area contributed by atoms with Gasteiger partial charge in [0, 0.05) is 11.6 Å². The van der Waals surface area contributed by atoms with E-state index in [0.717, 1.165) is 5.56 Å². The molecule has 2 rings (SSSR count). The van der Waals surface area contributed by atoms with Crippen LogP contribution < -0.4 is 4.72 Å². The highest BCUT2D eigenvalue weighted by molar-refractivity contribution is 7.89. The minimum Gasteiger partial charge on any atom is -0.458 e. The van der Waals surface area contributed by atoms with Crippen LogP contribution in [0.4, 0.5) is 0 Å². The summed E-state index contributed by atoms with van der Waals surface area (Å²) < 4.78 is 32.3. The molecule has 1 aromatic rings. The van der Waals surface area contributed by atoms with Crippen LogP contribution in [-0.4, -0.2) is 49.1 Å². The van der Waals surface area contributed by atoms with Crippen LogP contribution in [0, 0.1) is 0 Å². The average Bonchev–Trinajstić information content (AvgIpc) is 2.92. The monoisotopic (exact) mass is 428 g/mol. The van der Waals surface area contributed by atoms with Crippen LogP contribution in [0.5, 0.6) is 0 Å². The highest BCUT2D eigenvalue weighted by Gasteiger charge is 2.35. The van der Waals surface area contributed by atoms with Gasteiger partial charge < -0.3 is 9.64 Å². The second kappa shape index (κ2) is 8.53. The van der Waals surface area contributed by atoms with Gasteiger partial charge >= 0.3 is 5.97 Å². The van der Waals surface area contributed by atoms with E-state index in [-0.39, 0.29) is 24.4 Å². The molecule has 0 bridgehead atoms. The standard InChI is InChI=1S/C19H25ClN2O5S/c1-13(18(24)27-19(2,3)4)22-11-9-16(17(22)23)21-28(25,26)12-10-14-5-7-15(20)8-6-14/h5-9,13,21H,10-12H2,1-4H3/t13-/m0/s1. The third-order valence-corrected chi connectivity index (χ3v) is 5.56. The topological polar surface area (TPSA) is 92.8 Å². The van der Waals surface area contributed by atoms with Gasteiger partial charge in [-0.15, -0.1) is 0 Å². The Bertz CT molecular complexity index is 873. The van der Waals surface area contributed by atoms with Gasteiger partial charge in [0.15, 0.2) is 0 Å². The SMILES string of the molecule is C[C@@H](C(=O)OC(C)(C)C)N1CC=C(NS(=O)(=O)CCc2ccc(Cl)cc2)C1=O. The van der Waals surface area contributed by atoms with E-state index in [9.17, 15) is 18.0 Å². The second-order valence-corrected chi connectivity index (χ2v) is 9.86. The van der Waals surface area contributed by atoms with Crippen LogP contribution in [0.1, 0.15) is 33.3 Å². The van der Waals surface area contributed by atoms with Crippen LogP contribution >= 0.6 is 11.6 Å². The number of ether oxygens (including phenoxy) is 1. The normalized spacial score (nSPS) is 16.0. The lowest BCUT2D eigenvalue weighted by Gasteiger charge is -2.27. The summed E-state index contributed by atoms with van der Waals surface area (Å²) in [7, 11) is -3.72. The van der Waals surface area contributed by atoms with Crippen molar-refractivity contribution in [1.29, 1.82) is 0 Å². The van der Waals surface area contributed by atoms with E-state index in [0.29, 0.717) is 5.02 Å². The molecule has 1 amide bonds. The quantitative estimate of drug-likeness (QED) is 0.672. The van der Waals surface area contributed by atoms with Crippen molar-refractivity contribution in [3.05, 3.63) is 46.6 Å². The minimum atomic E-state index is -3.72. The molecule has 0 saturated heterocycles. The van der Waals surface area contributed by atoms with E-state index >= 15 is 0 Å². The molecule has 7 nitrogen and oxygen atoms in total. The maximum Gasteiger partial charge on any atom is 0.329 e. The third-order valence-electron chi connectivity index (χ3n) is 4.04. The first-order valence-electron chi connectivity index (χ1n) is 8.87. The zero-order valence-corrected chi connectivity index (χ0v) is 17.9. The van der Waals surface area contributed by atoms with Crippen LogP contribution in [0.15, 0.2) is 36.0 Å². The average molecular weight is 429 g/mol. The van der Waals surface area contributed by atoms with Crippen LogP contribution in [0.3, 0.4) is 0 Å². The van der Waals surface area contributed by atoms with Gasteiger partial charge in [0.05, 0.1) is 5.75 Å². The molecule has 0 unspecified atom stereocenters. The summed E-state index contributed by atoms with van der Waals surface area (Å²) in [6, 6.07) is 6.06. The Morgan fingerprint density at radius 3 is 2.46 bits per heavy atom. The van der Waals surface area contributed by atoms with Crippen LogP contribution in [-0.2, 0) is 30.8 Å². The van der Waals surface area contributed by atoms with E-state index in [1.165, 1.54) is 11.0 Å². The molecule has 0 saturated carbocycles. The first-order valence-corrected chi connectivity index (χ1v) is 10.9. The predicted octanol–water partition coefficient (Wildman–Crippen LogP) is 2.26. The van der Waals surface area contributed by atoms with Gasteiger partial charge in [-0.1, -0.05) is 23.7 Å². The molecule has 1 atom stereocenters. The molecule has 154 valence electrons. The molecule has 0 spiro atoms. The fourth-order valence-electron chi connectivity index (χ4n) is 2.57. The number of hydrogen-bond donors (Lipinski definition) is 1. The van der Waals surface area contributed by atoms with Gasteiger partial charge in [-0.3, -0.25) is 9.52 Å². The Morgan fingerprint density at radius 1 is 1.29 bits per heavy atom. The number of benzene rings is 1. The number of hydrogen-bond acceptors (Lipinski definition) is 5. The second-order valence-electron chi connectivity index (χ2n) is 7.58. The largest absolute Gasteiger partial charge is 0.458 e. The Labute approximate surface area is 170 Å². The fraction of sp³-hybridized carbons (Fsp3) is 0.474. The molecule has 0 aromatic heterocycles. The van der Waals surface area contributed by atoms with Gasteiger partial charge in [0.25, 0.3) is 5.91 Å². The predicted molar refractivity (Wildman–Crippen MR) is 107 cm³/mol. The van der Waals surface area contributed by atoms with Crippen molar-refractivity contribution in [2.24, 2.45) is 0 Å². The van der Waals surface area contributed by atoms with E-state index in [1.807, 2.05) is 0 Å². The fourth-order valence-corrected chi connectivity index (χ4v) is 3.81. The summed E-state index contributed by atoms with van der Waals surface area (Å²) in [5, 5.41) is 0.575. The number of rotatable bonds is 7. The van der Waals surface area contributed by atoms with Crippen molar-refractivity contribution in [3.63, 3.8) is 0 Å². The smallest absolute Gasteiger partial charge is 0.329 e. The maximum absolute atomic E-state index is 12.5. The molecular weight excluding hydrogens is 404 g/mol. The molecule has 0 radical (unpaired) electrons. The summed E-state index contributed by atoms with van der Waals surface area (Å²) >= 11 is 5.81. The number of carbonyl (C=O) groups excluding carboxylic acids is 2. The molecule has 1 N–H and O–H groups in total. The molecule has 28 heavy (non-hydrogen) atoms. The van der Waals surface area contributed by atoms with Gasteiger partial charge in [-0.05, 0) is 57.9 Å². The third kappa shape index (κ3) is 6.24. The van der Waals surface area contributed by atoms with Gasteiger partial charge in [-0.25, -0.2) is 13.2 Å². The van der Waals surface area contributed by atoms with E-state index in [2.05, 4.69) is 4.72 Å². The molecule has 1 aliphatic rings. The van der Waals surface area contributed by atoms with Crippen molar-refractivity contribution in [3.8, 4) is 0 Å². The lowest BCUT2D eigenvalue weighted by molar-refractivity contribution is -0.162. The van der Waals surface area contributed by atoms with E-state index < -0.39 is 33.5 Å². The van der Waals surface area contributed by atoms with Gasteiger partial charge in [-0.2, -0.15) is 0 Å². The zero-order chi connectivity index (χ0) is 21.1. The van der Waals surface area contributed by atoms with E-state index in [1.54, 1.807) is 52.0 Å². The van der Waals surface area contributed by atoms with Crippen molar-refractivity contribution >= 4 is 33.5 Å². The van der Waals surface area contributed by atoms with Crippen molar-refractivity contribution < 1.29 is 22.7 Å². The van der Waals surface area contributed by atoms with Crippen molar-refractivity contribution in [2.75, 3.05) is 12.3 Å². The maximum atomic E-state index is 12.5. The number of amides is 1. The highest BCUT2D eigenvalue weighted by atomic mass is 35.5. The summed E-state index contributed by atoms with van der Waals surface area (Å²) in [6.07, 6.45) is 1.75. The lowest BCUT2D eigenvalue weighted by atomic mass is 10.2. The van der Waals surface area contributed by atoms with Crippen molar-refractivity contribution in [1.82, 2.24) is 9.62 Å². The lowest BCUT2D eigenvalue weighted by Crippen LogP contribution is -2.45. The number of esters is 1. The number of sulfonamides is 1. The Hall–Kier alpha value is -2.06. The van der Waals surface area contributed by atoms with Crippen LogP contribution in [0.2, 0.25) is 5.02 Å². The Kier molecular flexibility index (Phi) is 6.77. The number of nitrogens with one attached hydrogen (secondary N) is 1. The summed E-state index contributed by atoms with van der Waals surface area (Å²) in [5.74, 6) is -1.27. The van der Waals surface area contributed by atoms with Gasteiger partial charge in [0.1, 0.15) is 17.3 Å². The first-order chi connectivity index (χ1) is 12.9. The highest BCUT2D eigenvalue weighted by Crippen LogP contribution is 2.17. The Morgan fingerprint density at radius 2 is 1.89 bits per heavy atom. The zero-order valence-electron chi connectivity index (χ0n) is 16.4. The molecule has 9 heteroatoms. The van der Waals surface area contributed by atoms with E-state index in [4.69, 9.17) is 16.3 Å². The molecule has 0 fully saturated rings. The summed E-state index contributed by atoms with van der Waals surface area (Å²) in [5.41, 5.74) is 0.0985. The summed E-state index contributed by atoms with van der Waals surface area (Å²) in [6.45, 7) is 6.90. The van der Waals surface area contributed by atoms with Crippen LogP contribution in [0.25, 0.3) is 0 Å².